The number of nitrogens with one attached hydrogen (secondary N) is 3. The van der Waals surface area contributed by atoms with E-state index >= 15 is 0 Å². The average Bonchev–Trinajstić information content (AvgIpc) is 3.33. The third-order valence-electron chi connectivity index (χ3n) is 4.16. The SMILES string of the molecule is COc1ccc(C(=O)Nc2c[nH]nc2-c2nc3ccccc3[nH]2)c(OC)c1. The number of benzene rings is 2. The zero-order valence-corrected chi connectivity index (χ0v) is 14.7. The highest BCUT2D eigenvalue weighted by Crippen LogP contribution is 2.28. The molecule has 2 aromatic heterocycles. The molecule has 136 valence electrons. The molecular formula is C19H17N5O3. The van der Waals surface area contributed by atoms with Crippen LogP contribution in [0.2, 0.25) is 0 Å². The highest BCUT2D eigenvalue weighted by Gasteiger charge is 2.18. The van der Waals surface area contributed by atoms with Crippen LogP contribution in [0.3, 0.4) is 0 Å². The topological polar surface area (TPSA) is 105 Å². The lowest BCUT2D eigenvalue weighted by atomic mass is 10.1. The van der Waals surface area contributed by atoms with Gasteiger partial charge >= 0.3 is 0 Å². The predicted octanol–water partition coefficient (Wildman–Crippen LogP) is 3.22. The summed E-state index contributed by atoms with van der Waals surface area (Å²) in [5.74, 6) is 1.26. The third kappa shape index (κ3) is 3.08. The molecule has 0 atom stereocenters. The normalized spacial score (nSPS) is 10.7. The molecule has 0 radical (unpaired) electrons. The molecule has 0 saturated carbocycles. The van der Waals surface area contributed by atoms with Gasteiger partial charge < -0.3 is 19.8 Å². The first kappa shape index (κ1) is 16.6. The Morgan fingerprint density at radius 2 is 1.96 bits per heavy atom. The lowest BCUT2D eigenvalue weighted by Crippen LogP contribution is -2.13. The standard InChI is InChI=1S/C19H17N5O3/c1-26-11-7-8-12(16(9-11)27-2)19(25)23-15-10-20-24-17(15)18-21-13-5-3-4-6-14(13)22-18/h3-10H,1-2H3,(H,20,24)(H,21,22)(H,23,25). The molecule has 0 saturated heterocycles. The van der Waals surface area contributed by atoms with E-state index < -0.39 is 0 Å². The van der Waals surface area contributed by atoms with Gasteiger partial charge in [-0.3, -0.25) is 9.89 Å². The molecule has 0 bridgehead atoms. The molecule has 4 aromatic rings. The number of amides is 1. The summed E-state index contributed by atoms with van der Waals surface area (Å²) in [7, 11) is 3.06. The first-order valence-electron chi connectivity index (χ1n) is 8.22. The molecule has 4 rings (SSSR count). The number of anilines is 1. The van der Waals surface area contributed by atoms with Crippen molar-refractivity contribution >= 4 is 22.6 Å². The van der Waals surface area contributed by atoms with Crippen LogP contribution >= 0.6 is 0 Å². The number of carbonyl (C=O) groups excluding carboxylic acids is 1. The highest BCUT2D eigenvalue weighted by atomic mass is 16.5. The Morgan fingerprint density at radius 3 is 2.74 bits per heavy atom. The number of hydrogen-bond acceptors (Lipinski definition) is 5. The molecule has 8 heteroatoms. The van der Waals surface area contributed by atoms with Gasteiger partial charge in [0.05, 0.1) is 36.5 Å². The van der Waals surface area contributed by atoms with Crippen LogP contribution in [0.15, 0.2) is 48.7 Å². The average molecular weight is 363 g/mol. The Bertz CT molecular complexity index is 1080. The van der Waals surface area contributed by atoms with Crippen LogP contribution < -0.4 is 14.8 Å². The predicted molar refractivity (Wildman–Crippen MR) is 101 cm³/mol. The van der Waals surface area contributed by atoms with Gasteiger partial charge in [-0.05, 0) is 24.3 Å². The Labute approximate surface area is 154 Å². The molecule has 0 aliphatic carbocycles. The van der Waals surface area contributed by atoms with E-state index in [-0.39, 0.29) is 5.91 Å². The number of hydrogen-bond donors (Lipinski definition) is 3. The van der Waals surface area contributed by atoms with E-state index in [1.807, 2.05) is 24.3 Å². The molecule has 27 heavy (non-hydrogen) atoms. The number of aromatic nitrogens is 4. The largest absolute Gasteiger partial charge is 0.497 e. The van der Waals surface area contributed by atoms with Crippen LogP contribution in [0.25, 0.3) is 22.6 Å². The maximum Gasteiger partial charge on any atom is 0.259 e. The van der Waals surface area contributed by atoms with Gasteiger partial charge in [-0.25, -0.2) is 4.98 Å². The second kappa shape index (κ2) is 6.83. The molecule has 0 unspecified atom stereocenters. The lowest BCUT2D eigenvalue weighted by Gasteiger charge is -2.10. The monoisotopic (exact) mass is 363 g/mol. The van der Waals surface area contributed by atoms with Crippen LogP contribution in [0.1, 0.15) is 10.4 Å². The van der Waals surface area contributed by atoms with E-state index in [1.165, 1.54) is 7.11 Å². The summed E-state index contributed by atoms with van der Waals surface area (Å²) < 4.78 is 10.5. The van der Waals surface area contributed by atoms with Crippen molar-refractivity contribution in [1.29, 1.82) is 0 Å². The zero-order chi connectivity index (χ0) is 18.8. The Kier molecular flexibility index (Phi) is 4.21. The first-order chi connectivity index (χ1) is 13.2. The van der Waals surface area contributed by atoms with Crippen molar-refractivity contribution in [3.63, 3.8) is 0 Å². The zero-order valence-electron chi connectivity index (χ0n) is 14.7. The van der Waals surface area contributed by atoms with E-state index in [4.69, 9.17) is 9.47 Å². The summed E-state index contributed by atoms with van der Waals surface area (Å²) >= 11 is 0. The number of H-pyrrole nitrogens is 2. The molecule has 1 amide bonds. The van der Waals surface area contributed by atoms with Crippen molar-refractivity contribution in [3.05, 3.63) is 54.2 Å². The Hall–Kier alpha value is -3.81. The molecule has 0 aliphatic rings. The van der Waals surface area contributed by atoms with Crippen molar-refractivity contribution in [2.45, 2.75) is 0 Å². The van der Waals surface area contributed by atoms with Gasteiger partial charge in [0.25, 0.3) is 5.91 Å². The maximum absolute atomic E-state index is 12.7. The fraction of sp³-hybridized carbons (Fsp3) is 0.105. The second-order valence-corrected chi connectivity index (χ2v) is 5.77. The Balaban J connectivity index is 1.64. The quantitative estimate of drug-likeness (QED) is 0.505. The van der Waals surface area contributed by atoms with Gasteiger partial charge in [0.15, 0.2) is 11.5 Å². The fourth-order valence-corrected chi connectivity index (χ4v) is 2.81. The van der Waals surface area contributed by atoms with E-state index in [0.717, 1.165) is 11.0 Å². The molecule has 0 spiro atoms. The number of ether oxygens (including phenoxy) is 2. The minimum atomic E-state index is -0.326. The smallest absolute Gasteiger partial charge is 0.259 e. The van der Waals surface area contributed by atoms with Crippen LogP contribution in [-0.4, -0.2) is 40.3 Å². The van der Waals surface area contributed by atoms with Crippen LogP contribution in [0.5, 0.6) is 11.5 Å². The third-order valence-corrected chi connectivity index (χ3v) is 4.16. The highest BCUT2D eigenvalue weighted by molar-refractivity contribution is 6.07. The van der Waals surface area contributed by atoms with E-state index in [2.05, 4.69) is 25.5 Å². The maximum atomic E-state index is 12.7. The van der Waals surface area contributed by atoms with Crippen LogP contribution in [0, 0.1) is 0 Å². The van der Waals surface area contributed by atoms with Gasteiger partial charge in [0.2, 0.25) is 0 Å². The van der Waals surface area contributed by atoms with Gasteiger partial charge in [-0.2, -0.15) is 5.10 Å². The molecule has 0 fully saturated rings. The number of rotatable bonds is 5. The molecule has 2 heterocycles. The summed E-state index contributed by atoms with van der Waals surface area (Å²) in [6.45, 7) is 0. The van der Waals surface area contributed by atoms with E-state index in [1.54, 1.807) is 31.5 Å². The van der Waals surface area contributed by atoms with Gasteiger partial charge in [-0.1, -0.05) is 12.1 Å². The summed E-state index contributed by atoms with van der Waals surface area (Å²) in [5, 5.41) is 9.83. The van der Waals surface area contributed by atoms with Gasteiger partial charge in [0, 0.05) is 12.3 Å². The summed E-state index contributed by atoms with van der Waals surface area (Å²) in [5.41, 5.74) is 3.13. The second-order valence-electron chi connectivity index (χ2n) is 5.77. The first-order valence-corrected chi connectivity index (χ1v) is 8.22. The summed E-state index contributed by atoms with van der Waals surface area (Å²) in [6.07, 6.45) is 1.61. The summed E-state index contributed by atoms with van der Waals surface area (Å²) in [6, 6.07) is 12.7. The molecular weight excluding hydrogens is 346 g/mol. The van der Waals surface area contributed by atoms with Crippen molar-refractivity contribution in [2.75, 3.05) is 19.5 Å². The van der Waals surface area contributed by atoms with Gasteiger partial charge in [0.1, 0.15) is 11.5 Å². The summed E-state index contributed by atoms with van der Waals surface area (Å²) in [4.78, 5) is 20.5. The van der Waals surface area contributed by atoms with E-state index in [0.29, 0.717) is 34.3 Å². The number of methoxy groups -OCH3 is 2. The van der Waals surface area contributed by atoms with Gasteiger partial charge in [-0.15, -0.1) is 0 Å². The fourth-order valence-electron chi connectivity index (χ4n) is 2.81. The van der Waals surface area contributed by atoms with Crippen molar-refractivity contribution < 1.29 is 14.3 Å². The minimum Gasteiger partial charge on any atom is -0.497 e. The minimum absolute atomic E-state index is 0.326. The molecule has 0 aliphatic heterocycles. The van der Waals surface area contributed by atoms with Crippen molar-refractivity contribution in [1.82, 2.24) is 20.2 Å². The van der Waals surface area contributed by atoms with Crippen LogP contribution in [0.4, 0.5) is 5.69 Å². The lowest BCUT2D eigenvalue weighted by molar-refractivity contribution is 0.102. The number of para-hydroxylation sites is 2. The number of aromatic amines is 2. The number of carbonyl (C=O) groups is 1. The number of imidazole rings is 1. The van der Waals surface area contributed by atoms with E-state index in [9.17, 15) is 4.79 Å². The Morgan fingerprint density at radius 1 is 1.11 bits per heavy atom. The molecule has 8 nitrogen and oxygen atoms in total. The van der Waals surface area contributed by atoms with Crippen molar-refractivity contribution in [2.24, 2.45) is 0 Å². The molecule has 2 aromatic carbocycles. The van der Waals surface area contributed by atoms with Crippen LogP contribution in [-0.2, 0) is 0 Å². The number of fused-ring (bicyclic) bond motifs is 1. The molecule has 3 N–H and O–H groups in total. The number of nitrogens with zero attached hydrogens (tertiary/aromatic N) is 2. The van der Waals surface area contributed by atoms with Crippen molar-refractivity contribution in [3.8, 4) is 23.0 Å².